The number of nitro groups is 1. The summed E-state index contributed by atoms with van der Waals surface area (Å²) in [6.45, 7) is 6.89. The Kier molecular flexibility index (Phi) is 16.3. The third-order valence-electron chi connectivity index (χ3n) is 3.92. The Morgan fingerprint density at radius 2 is 1.54 bits per heavy atom. The van der Waals surface area contributed by atoms with Gasteiger partial charge in [0.05, 0.1) is 6.07 Å². The molecule has 7 nitrogen and oxygen atoms in total. The number of hydrogen-bond acceptors (Lipinski definition) is 5. The first-order chi connectivity index (χ1) is 16.7. The van der Waals surface area contributed by atoms with Crippen LogP contribution in [-0.2, 0) is 7.05 Å². The molecule has 0 spiro atoms. The molecule has 3 heterocycles. The zero-order valence-corrected chi connectivity index (χ0v) is 20.9. The number of halogens is 2. The highest BCUT2D eigenvalue weighted by atomic mass is 19.3. The van der Waals surface area contributed by atoms with E-state index in [4.69, 9.17) is 0 Å². The Morgan fingerprint density at radius 1 is 0.943 bits per heavy atom. The molecule has 9 heteroatoms. The molecule has 0 unspecified atom stereocenters. The van der Waals surface area contributed by atoms with Crippen molar-refractivity contribution < 1.29 is 22.9 Å². The molecule has 0 fully saturated rings. The average Bonchev–Trinajstić information content (AvgIpc) is 3.46. The highest BCUT2D eigenvalue weighted by Crippen LogP contribution is 2.14. The van der Waals surface area contributed by atoms with Crippen molar-refractivity contribution in [2.24, 2.45) is 7.05 Å². The van der Waals surface area contributed by atoms with Gasteiger partial charge in [-0.25, -0.2) is 0 Å². The topological polar surface area (TPSA) is 83.3 Å². The summed E-state index contributed by atoms with van der Waals surface area (Å²) in [6.07, 6.45) is 5.54. The van der Waals surface area contributed by atoms with E-state index < -0.39 is 11.5 Å². The minimum Gasteiger partial charge on any atom is -0.435 e. The van der Waals surface area contributed by atoms with Crippen molar-refractivity contribution in [3.63, 3.8) is 0 Å². The maximum atomic E-state index is 11.6. The molecule has 0 bridgehead atoms. The van der Waals surface area contributed by atoms with Crippen LogP contribution in [0.5, 0.6) is 5.75 Å². The largest absolute Gasteiger partial charge is 0.435 e. The molecule has 0 saturated carbocycles. The maximum Gasteiger partial charge on any atom is 0.433 e. The number of ether oxygens (including phenoxy) is 1. The number of aryl methyl sites for hydroxylation is 4. The molecule has 0 N–H and O–H groups in total. The van der Waals surface area contributed by atoms with Crippen molar-refractivity contribution in [2.75, 3.05) is 0 Å². The third kappa shape index (κ3) is 15.5. The van der Waals surface area contributed by atoms with Crippen molar-refractivity contribution >= 4 is 5.88 Å². The van der Waals surface area contributed by atoms with Crippen LogP contribution >= 0.6 is 0 Å². The van der Waals surface area contributed by atoms with Crippen LogP contribution in [0.1, 0.15) is 30.9 Å². The SMILES string of the molecule is CC.Cc1ccc(OC(F)F)cc1.Cc1ccc([N+](=O)[O-])o1.Cc1cccn1C.c1ccncc1. The quantitative estimate of drug-likeness (QED) is 0.219. The van der Waals surface area contributed by atoms with E-state index >= 15 is 0 Å². The molecule has 0 aliphatic carbocycles. The van der Waals surface area contributed by atoms with Gasteiger partial charge in [0.2, 0.25) is 0 Å². The van der Waals surface area contributed by atoms with Crippen LogP contribution in [0.2, 0.25) is 0 Å². The summed E-state index contributed by atoms with van der Waals surface area (Å²) in [5.74, 6) is 0.555. The summed E-state index contributed by atoms with van der Waals surface area (Å²) < 4.78 is 34.1. The van der Waals surface area contributed by atoms with Crippen LogP contribution in [0.15, 0.2) is 89.7 Å². The van der Waals surface area contributed by atoms with Crippen LogP contribution in [0, 0.1) is 30.9 Å². The van der Waals surface area contributed by atoms with Crippen molar-refractivity contribution in [3.8, 4) is 5.75 Å². The van der Waals surface area contributed by atoms with Crippen LogP contribution in [-0.4, -0.2) is 21.1 Å². The first kappa shape index (κ1) is 31.0. The lowest BCUT2D eigenvalue weighted by Gasteiger charge is -2.02. The molecule has 3 aromatic heterocycles. The average molecular weight is 490 g/mol. The molecule has 0 radical (unpaired) electrons. The van der Waals surface area contributed by atoms with Crippen molar-refractivity contribution in [1.82, 2.24) is 9.55 Å². The molecule has 35 heavy (non-hydrogen) atoms. The Labute approximate surface area is 205 Å². The van der Waals surface area contributed by atoms with Gasteiger partial charge in [0.25, 0.3) is 0 Å². The van der Waals surface area contributed by atoms with Gasteiger partial charge in [-0.2, -0.15) is 8.78 Å². The number of aromatic nitrogens is 2. The van der Waals surface area contributed by atoms with E-state index in [1.807, 2.05) is 58.3 Å². The summed E-state index contributed by atoms with van der Waals surface area (Å²) in [6, 6.07) is 19.2. The van der Waals surface area contributed by atoms with Gasteiger partial charge in [0.15, 0.2) is 0 Å². The monoisotopic (exact) mass is 489 g/mol. The van der Waals surface area contributed by atoms with E-state index in [0.29, 0.717) is 5.76 Å². The number of furan rings is 1. The number of benzene rings is 1. The summed E-state index contributed by atoms with van der Waals surface area (Å²) in [5.41, 5.74) is 2.33. The lowest BCUT2D eigenvalue weighted by molar-refractivity contribution is -0.402. The minimum absolute atomic E-state index is 0.200. The molecule has 0 amide bonds. The molecule has 190 valence electrons. The molecular formula is C26H33F2N3O4. The summed E-state index contributed by atoms with van der Waals surface area (Å²) in [5, 5.41) is 9.93. The first-order valence-corrected chi connectivity index (χ1v) is 10.8. The zero-order chi connectivity index (χ0) is 26.6. The van der Waals surface area contributed by atoms with E-state index in [2.05, 4.69) is 31.7 Å². The van der Waals surface area contributed by atoms with E-state index in [9.17, 15) is 18.9 Å². The van der Waals surface area contributed by atoms with Gasteiger partial charge in [-0.1, -0.05) is 37.6 Å². The normalized spacial score (nSPS) is 9.06. The van der Waals surface area contributed by atoms with Gasteiger partial charge in [0, 0.05) is 31.3 Å². The zero-order valence-electron chi connectivity index (χ0n) is 20.9. The fraction of sp³-hybridized carbons (Fsp3) is 0.269. The number of nitrogens with zero attached hydrogens (tertiary/aromatic N) is 3. The van der Waals surface area contributed by atoms with Crippen LogP contribution in [0.4, 0.5) is 14.7 Å². The second-order valence-corrected chi connectivity index (χ2v) is 6.62. The Hall–Kier alpha value is -4.01. The first-order valence-electron chi connectivity index (χ1n) is 10.8. The van der Waals surface area contributed by atoms with Crippen molar-refractivity contribution in [1.29, 1.82) is 0 Å². The highest BCUT2D eigenvalue weighted by molar-refractivity contribution is 5.26. The van der Waals surface area contributed by atoms with Crippen LogP contribution < -0.4 is 4.74 Å². The smallest absolute Gasteiger partial charge is 0.433 e. The van der Waals surface area contributed by atoms with Gasteiger partial charge >= 0.3 is 12.5 Å². The van der Waals surface area contributed by atoms with E-state index in [-0.39, 0.29) is 11.6 Å². The molecule has 1 aromatic carbocycles. The molecule has 0 aliphatic rings. The Balaban J connectivity index is 0.000000439. The molecule has 0 atom stereocenters. The van der Waals surface area contributed by atoms with Crippen molar-refractivity contribution in [3.05, 3.63) is 112 Å². The number of hydrogen-bond donors (Lipinski definition) is 0. The van der Waals surface area contributed by atoms with Crippen molar-refractivity contribution in [2.45, 2.75) is 41.2 Å². The fourth-order valence-corrected chi connectivity index (χ4v) is 2.10. The maximum absolute atomic E-state index is 11.6. The van der Waals surface area contributed by atoms with E-state index in [1.54, 1.807) is 37.5 Å². The Morgan fingerprint density at radius 3 is 1.80 bits per heavy atom. The minimum atomic E-state index is -2.74. The summed E-state index contributed by atoms with van der Waals surface area (Å²) in [4.78, 5) is 13.1. The summed E-state index contributed by atoms with van der Waals surface area (Å²) >= 11 is 0. The number of pyridine rings is 1. The van der Waals surface area contributed by atoms with Gasteiger partial charge < -0.3 is 13.7 Å². The predicted octanol–water partition coefficient (Wildman–Crippen LogP) is 7.53. The van der Waals surface area contributed by atoms with Gasteiger partial charge in [-0.15, -0.1) is 0 Å². The van der Waals surface area contributed by atoms with E-state index in [1.165, 1.54) is 23.9 Å². The van der Waals surface area contributed by atoms with Gasteiger partial charge in [-0.3, -0.25) is 15.1 Å². The molecular weight excluding hydrogens is 456 g/mol. The Bertz CT molecular complexity index is 1010. The molecule has 0 saturated heterocycles. The van der Waals surface area contributed by atoms with E-state index in [0.717, 1.165) is 5.56 Å². The highest BCUT2D eigenvalue weighted by Gasteiger charge is 2.08. The molecule has 4 rings (SSSR count). The van der Waals surface area contributed by atoms with Gasteiger partial charge in [0.1, 0.15) is 16.4 Å². The number of alkyl halides is 2. The second-order valence-electron chi connectivity index (χ2n) is 6.62. The molecule has 4 aromatic rings. The standard InChI is InChI=1S/C8H8F2O.C6H9N.C5H5NO3.C5H5N.C2H6/c1-6-2-4-7(5-3-6)11-8(9)10;1-6-4-3-5-7(6)2;1-4-2-3-5(9-4)6(7)8;1-2-4-6-5-3-1;1-2/h2-5,8H,1H3;3-5H,1-2H3;2-3H,1H3;1-5H;1-2H3. The second kappa shape index (κ2) is 18.4. The lowest BCUT2D eigenvalue weighted by atomic mass is 10.2. The molecule has 0 aliphatic heterocycles. The van der Waals surface area contributed by atoms with Gasteiger partial charge in [-0.05, 0) is 63.2 Å². The lowest BCUT2D eigenvalue weighted by Crippen LogP contribution is -2.01. The summed E-state index contributed by atoms with van der Waals surface area (Å²) in [7, 11) is 2.04. The predicted molar refractivity (Wildman–Crippen MR) is 134 cm³/mol. The van der Waals surface area contributed by atoms with Crippen LogP contribution in [0.25, 0.3) is 0 Å². The fourth-order valence-electron chi connectivity index (χ4n) is 2.10. The van der Waals surface area contributed by atoms with Crippen LogP contribution in [0.3, 0.4) is 0 Å². The third-order valence-corrected chi connectivity index (χ3v) is 3.92. The number of rotatable bonds is 3.